The van der Waals surface area contributed by atoms with E-state index in [4.69, 9.17) is 20.4 Å². The number of nitrogens with one attached hydrogen (secondary N) is 1. The summed E-state index contributed by atoms with van der Waals surface area (Å²) in [5.41, 5.74) is 4.56. The number of amides is 1. The lowest BCUT2D eigenvalue weighted by atomic mass is 9.99. The number of carbonyl (C=O) groups excluding carboxylic acids is 1. The molecule has 2 aromatic carbocycles. The van der Waals surface area contributed by atoms with E-state index in [1.165, 1.54) is 0 Å². The Balaban J connectivity index is 1.65. The molecule has 0 saturated carbocycles. The molecule has 0 atom stereocenters. The van der Waals surface area contributed by atoms with Crippen LogP contribution in [-0.4, -0.2) is 5.91 Å². The maximum absolute atomic E-state index is 12.6. The molecule has 0 aliphatic rings. The van der Waals surface area contributed by atoms with Gasteiger partial charge < -0.3 is 14.2 Å². The third-order valence-corrected chi connectivity index (χ3v) is 5.53. The number of benzene rings is 2. The summed E-state index contributed by atoms with van der Waals surface area (Å²) < 4.78 is 11.2. The minimum Gasteiger partial charge on any atom is -0.464 e. The molecule has 0 unspecified atom stereocenters. The van der Waals surface area contributed by atoms with E-state index in [1.807, 2.05) is 39.0 Å². The molecule has 148 valence electrons. The van der Waals surface area contributed by atoms with E-state index in [9.17, 15) is 9.59 Å². The summed E-state index contributed by atoms with van der Waals surface area (Å²) in [5, 5.41) is 5.27. The van der Waals surface area contributed by atoms with Crippen molar-refractivity contribution in [1.29, 1.82) is 0 Å². The molecule has 0 aliphatic heterocycles. The quantitative estimate of drug-likeness (QED) is 0.482. The fraction of sp³-hybridized carbons (Fsp3) is 0.217. The van der Waals surface area contributed by atoms with Crippen molar-refractivity contribution in [3.63, 3.8) is 0 Å². The molecule has 4 rings (SSSR count). The van der Waals surface area contributed by atoms with Crippen LogP contribution in [0.5, 0.6) is 0 Å². The van der Waals surface area contributed by atoms with Gasteiger partial charge in [0, 0.05) is 27.9 Å². The second-order valence-electron chi connectivity index (χ2n) is 7.25. The van der Waals surface area contributed by atoms with Crippen LogP contribution >= 0.6 is 11.6 Å². The summed E-state index contributed by atoms with van der Waals surface area (Å²) in [6, 6.07) is 9.20. The van der Waals surface area contributed by atoms with E-state index < -0.39 is 5.63 Å². The lowest BCUT2D eigenvalue weighted by Crippen LogP contribution is -2.27. The smallest absolute Gasteiger partial charge is 0.340 e. The van der Waals surface area contributed by atoms with Gasteiger partial charge in [-0.05, 0) is 55.7 Å². The van der Waals surface area contributed by atoms with Crippen molar-refractivity contribution >= 4 is 39.4 Å². The number of furan rings is 1. The first-order valence-corrected chi connectivity index (χ1v) is 9.67. The molecule has 2 aromatic heterocycles. The molecule has 2 heterocycles. The highest BCUT2D eigenvalue weighted by atomic mass is 35.5. The maximum atomic E-state index is 12.6. The van der Waals surface area contributed by atoms with Gasteiger partial charge >= 0.3 is 5.63 Å². The Morgan fingerprint density at radius 3 is 2.48 bits per heavy atom. The zero-order chi connectivity index (χ0) is 20.7. The van der Waals surface area contributed by atoms with Gasteiger partial charge in [0.05, 0.1) is 18.2 Å². The van der Waals surface area contributed by atoms with E-state index in [2.05, 4.69) is 5.32 Å². The largest absolute Gasteiger partial charge is 0.464 e. The normalized spacial score (nSPS) is 11.3. The van der Waals surface area contributed by atoms with Crippen LogP contribution in [0.4, 0.5) is 0 Å². The van der Waals surface area contributed by atoms with Crippen molar-refractivity contribution in [1.82, 2.24) is 5.32 Å². The Morgan fingerprint density at radius 2 is 1.76 bits per heavy atom. The first-order chi connectivity index (χ1) is 13.8. The third-order valence-electron chi connectivity index (χ3n) is 5.28. The maximum Gasteiger partial charge on any atom is 0.340 e. The molecule has 0 bridgehead atoms. The minimum atomic E-state index is -0.498. The van der Waals surface area contributed by atoms with Crippen LogP contribution in [0.25, 0.3) is 21.9 Å². The molecule has 1 amide bonds. The lowest BCUT2D eigenvalue weighted by Gasteiger charge is -2.10. The summed E-state index contributed by atoms with van der Waals surface area (Å²) in [5.74, 6) is -0.244. The summed E-state index contributed by atoms with van der Waals surface area (Å²) >= 11 is 5.88. The van der Waals surface area contributed by atoms with E-state index in [0.717, 1.165) is 33.0 Å². The van der Waals surface area contributed by atoms with Crippen LogP contribution in [0.2, 0.25) is 5.02 Å². The van der Waals surface area contributed by atoms with Gasteiger partial charge in [-0.1, -0.05) is 23.7 Å². The molecule has 0 fully saturated rings. The highest BCUT2D eigenvalue weighted by molar-refractivity contribution is 6.30. The van der Waals surface area contributed by atoms with Crippen LogP contribution in [0, 0.1) is 20.8 Å². The van der Waals surface area contributed by atoms with Gasteiger partial charge in [-0.15, -0.1) is 0 Å². The lowest BCUT2D eigenvalue weighted by molar-refractivity contribution is -0.120. The molecule has 0 spiro atoms. The first kappa shape index (κ1) is 19.3. The fourth-order valence-electron chi connectivity index (χ4n) is 3.55. The zero-order valence-electron chi connectivity index (χ0n) is 16.4. The number of rotatable bonds is 4. The molecule has 0 aliphatic carbocycles. The topological polar surface area (TPSA) is 72.5 Å². The number of aryl methyl sites for hydroxylation is 3. The van der Waals surface area contributed by atoms with Gasteiger partial charge in [0.15, 0.2) is 0 Å². The fourth-order valence-corrected chi connectivity index (χ4v) is 3.67. The molecule has 1 N–H and O–H groups in total. The van der Waals surface area contributed by atoms with Crippen molar-refractivity contribution in [2.24, 2.45) is 0 Å². The van der Waals surface area contributed by atoms with Gasteiger partial charge in [-0.2, -0.15) is 0 Å². The van der Waals surface area contributed by atoms with Crippen LogP contribution < -0.4 is 10.9 Å². The van der Waals surface area contributed by atoms with E-state index in [-0.39, 0.29) is 12.3 Å². The first-order valence-electron chi connectivity index (χ1n) is 9.30. The second-order valence-corrected chi connectivity index (χ2v) is 7.68. The Hall–Kier alpha value is -3.05. The summed E-state index contributed by atoms with van der Waals surface area (Å²) in [6.07, 6.45) is 1.65. The highest BCUT2D eigenvalue weighted by Gasteiger charge is 2.19. The minimum absolute atomic E-state index is 0.0425. The van der Waals surface area contributed by atoms with Crippen molar-refractivity contribution in [2.45, 2.75) is 33.7 Å². The molecular formula is C23H20ClNO4. The van der Waals surface area contributed by atoms with E-state index >= 15 is 0 Å². The van der Waals surface area contributed by atoms with Crippen molar-refractivity contribution in [2.75, 3.05) is 0 Å². The average Bonchev–Trinajstić information content (AvgIpc) is 3.07. The van der Waals surface area contributed by atoms with Gasteiger partial charge in [0.25, 0.3) is 0 Å². The Labute approximate surface area is 172 Å². The Bertz CT molecular complexity index is 1300. The monoisotopic (exact) mass is 409 g/mol. The summed E-state index contributed by atoms with van der Waals surface area (Å²) in [6.45, 7) is 6.05. The molecule has 29 heavy (non-hydrogen) atoms. The predicted molar refractivity (Wildman–Crippen MR) is 113 cm³/mol. The SMILES string of the molecule is Cc1coc2c(C)c3oc(=O)c(CC(=O)NCc4ccc(Cl)cc4)c(C)c3cc12. The van der Waals surface area contributed by atoms with Gasteiger partial charge in [0.1, 0.15) is 11.2 Å². The molecule has 0 radical (unpaired) electrons. The standard InChI is InChI=1S/C23H20ClNO4/c1-12-11-28-21-14(3)22-18(8-17(12)21)13(2)19(23(27)29-22)9-20(26)25-10-15-4-6-16(24)7-5-15/h4-8,11H,9-10H2,1-3H3,(H,25,26). The summed E-state index contributed by atoms with van der Waals surface area (Å²) in [7, 11) is 0. The number of hydrogen-bond donors (Lipinski definition) is 1. The Morgan fingerprint density at radius 1 is 1.03 bits per heavy atom. The highest BCUT2D eigenvalue weighted by Crippen LogP contribution is 2.32. The molecular weight excluding hydrogens is 390 g/mol. The number of carbonyl (C=O) groups is 1. The molecule has 5 nitrogen and oxygen atoms in total. The van der Waals surface area contributed by atoms with E-state index in [1.54, 1.807) is 18.4 Å². The molecule has 6 heteroatoms. The van der Waals surface area contributed by atoms with Crippen molar-refractivity contribution in [3.8, 4) is 0 Å². The summed E-state index contributed by atoms with van der Waals surface area (Å²) in [4.78, 5) is 25.1. The average molecular weight is 410 g/mol. The number of hydrogen-bond acceptors (Lipinski definition) is 4. The predicted octanol–water partition coefficient (Wildman–Crippen LogP) is 4.98. The number of fused-ring (bicyclic) bond motifs is 2. The van der Waals surface area contributed by atoms with Crippen LogP contribution in [0.3, 0.4) is 0 Å². The van der Waals surface area contributed by atoms with Crippen LogP contribution in [0.1, 0.15) is 27.8 Å². The van der Waals surface area contributed by atoms with E-state index in [0.29, 0.717) is 28.3 Å². The van der Waals surface area contributed by atoms with Gasteiger partial charge in [-0.25, -0.2) is 4.79 Å². The van der Waals surface area contributed by atoms with Crippen LogP contribution in [0.15, 0.2) is 50.2 Å². The van der Waals surface area contributed by atoms with Gasteiger partial charge in [-0.3, -0.25) is 4.79 Å². The zero-order valence-corrected chi connectivity index (χ0v) is 17.1. The second kappa shape index (κ2) is 7.41. The van der Waals surface area contributed by atoms with Crippen molar-refractivity contribution in [3.05, 3.63) is 79.9 Å². The Kier molecular flexibility index (Phi) is 4.92. The number of halogens is 1. The van der Waals surface area contributed by atoms with Crippen molar-refractivity contribution < 1.29 is 13.6 Å². The molecule has 4 aromatic rings. The molecule has 0 saturated heterocycles. The van der Waals surface area contributed by atoms with Gasteiger partial charge in [0.2, 0.25) is 5.91 Å². The third kappa shape index (κ3) is 3.54. The van der Waals surface area contributed by atoms with Crippen LogP contribution in [-0.2, 0) is 17.8 Å².